The van der Waals surface area contributed by atoms with E-state index in [-0.39, 0.29) is 18.9 Å². The predicted molar refractivity (Wildman–Crippen MR) is 131 cm³/mol. The quantitative estimate of drug-likeness (QED) is 0.295. The van der Waals surface area contributed by atoms with Gasteiger partial charge in [-0.25, -0.2) is 4.79 Å². The zero-order chi connectivity index (χ0) is 24.8. The highest BCUT2D eigenvalue weighted by Gasteiger charge is 2.19. The molecule has 35 heavy (non-hydrogen) atoms. The van der Waals surface area contributed by atoms with Gasteiger partial charge < -0.3 is 19.2 Å². The number of esters is 1. The number of ether oxygens (including phenoxy) is 2. The molecule has 0 saturated heterocycles. The van der Waals surface area contributed by atoms with Gasteiger partial charge in [0.05, 0.1) is 19.6 Å². The molecule has 1 unspecified atom stereocenters. The topological polar surface area (TPSA) is 94.8 Å². The molecule has 0 saturated carbocycles. The SMILES string of the molecule is COC(=O)CC(NC(=O)c1ccc(COc2ccc3c(C)cc(=O)oc3c2)cc1)c1ccccc1. The van der Waals surface area contributed by atoms with Crippen molar-refractivity contribution in [1.29, 1.82) is 0 Å². The van der Waals surface area contributed by atoms with Gasteiger partial charge in [0.1, 0.15) is 17.9 Å². The second-order valence-corrected chi connectivity index (χ2v) is 8.11. The van der Waals surface area contributed by atoms with Gasteiger partial charge in [-0.2, -0.15) is 0 Å². The van der Waals surface area contributed by atoms with Crippen molar-refractivity contribution in [2.75, 3.05) is 7.11 Å². The van der Waals surface area contributed by atoms with Crippen LogP contribution in [0.5, 0.6) is 5.75 Å². The Balaban J connectivity index is 1.41. The van der Waals surface area contributed by atoms with Crippen molar-refractivity contribution in [1.82, 2.24) is 5.32 Å². The Morgan fingerprint density at radius 1 is 0.971 bits per heavy atom. The minimum atomic E-state index is -0.504. The van der Waals surface area contributed by atoms with Gasteiger partial charge in [-0.15, -0.1) is 0 Å². The van der Waals surface area contributed by atoms with Gasteiger partial charge in [-0.3, -0.25) is 9.59 Å². The highest BCUT2D eigenvalue weighted by Crippen LogP contribution is 2.23. The van der Waals surface area contributed by atoms with E-state index in [1.807, 2.05) is 49.4 Å². The summed E-state index contributed by atoms with van der Waals surface area (Å²) in [7, 11) is 1.32. The first-order valence-corrected chi connectivity index (χ1v) is 11.1. The molecule has 1 amide bonds. The third-order valence-corrected chi connectivity index (χ3v) is 5.65. The molecule has 3 aromatic carbocycles. The van der Waals surface area contributed by atoms with Crippen molar-refractivity contribution in [2.45, 2.75) is 26.0 Å². The molecule has 0 aliphatic heterocycles. The van der Waals surface area contributed by atoms with E-state index in [0.29, 0.717) is 16.9 Å². The van der Waals surface area contributed by atoms with E-state index in [1.165, 1.54) is 13.2 Å². The zero-order valence-corrected chi connectivity index (χ0v) is 19.4. The molecule has 0 radical (unpaired) electrons. The lowest BCUT2D eigenvalue weighted by Gasteiger charge is -2.18. The normalized spacial score (nSPS) is 11.6. The average molecular weight is 472 g/mol. The van der Waals surface area contributed by atoms with Gasteiger partial charge >= 0.3 is 11.6 Å². The average Bonchev–Trinajstić information content (AvgIpc) is 2.87. The number of carbonyl (C=O) groups excluding carboxylic acids is 2. The molecule has 178 valence electrons. The Kier molecular flexibility index (Phi) is 7.26. The van der Waals surface area contributed by atoms with E-state index in [4.69, 9.17) is 13.9 Å². The highest BCUT2D eigenvalue weighted by atomic mass is 16.5. The predicted octanol–water partition coefficient (Wildman–Crippen LogP) is 4.71. The third kappa shape index (κ3) is 5.95. The largest absolute Gasteiger partial charge is 0.489 e. The Morgan fingerprint density at radius 2 is 1.71 bits per heavy atom. The summed E-state index contributed by atoms with van der Waals surface area (Å²) in [5, 5.41) is 3.77. The summed E-state index contributed by atoms with van der Waals surface area (Å²) >= 11 is 0. The van der Waals surface area contributed by atoms with Crippen LogP contribution in [-0.2, 0) is 16.1 Å². The molecule has 0 aliphatic rings. The first-order chi connectivity index (χ1) is 16.9. The fraction of sp³-hybridized carbons (Fsp3) is 0.179. The van der Waals surface area contributed by atoms with E-state index in [0.717, 1.165) is 22.1 Å². The monoisotopic (exact) mass is 471 g/mol. The molecule has 1 aromatic heterocycles. The maximum atomic E-state index is 12.8. The Hall–Kier alpha value is -4.39. The van der Waals surface area contributed by atoms with Gasteiger partial charge in [0.15, 0.2) is 0 Å². The standard InChI is InChI=1S/C28H25NO6/c1-18-14-27(31)35-25-15-22(12-13-23(18)25)34-17-19-8-10-21(11-9-19)28(32)29-24(16-26(30)33-2)20-6-4-3-5-7-20/h3-15,24H,16-17H2,1-2H3,(H,29,32). The van der Waals surface area contributed by atoms with Crippen LogP contribution < -0.4 is 15.7 Å². The van der Waals surface area contributed by atoms with Crippen molar-refractivity contribution in [3.8, 4) is 5.75 Å². The molecule has 7 heteroatoms. The molecule has 0 spiro atoms. The smallest absolute Gasteiger partial charge is 0.336 e. The molecular weight excluding hydrogens is 446 g/mol. The molecule has 1 N–H and O–H groups in total. The first kappa shape index (κ1) is 23.8. The van der Waals surface area contributed by atoms with Crippen molar-refractivity contribution < 1.29 is 23.5 Å². The van der Waals surface area contributed by atoms with Crippen molar-refractivity contribution in [3.05, 3.63) is 112 Å². The van der Waals surface area contributed by atoms with Crippen LogP contribution in [0, 0.1) is 6.92 Å². The highest BCUT2D eigenvalue weighted by molar-refractivity contribution is 5.94. The molecule has 0 fully saturated rings. The number of fused-ring (bicyclic) bond motifs is 1. The second-order valence-electron chi connectivity index (χ2n) is 8.11. The molecule has 7 nitrogen and oxygen atoms in total. The molecular formula is C28H25NO6. The van der Waals surface area contributed by atoms with Gasteiger partial charge in [0.2, 0.25) is 0 Å². The van der Waals surface area contributed by atoms with Crippen molar-refractivity contribution in [3.63, 3.8) is 0 Å². The van der Waals surface area contributed by atoms with Crippen molar-refractivity contribution >= 4 is 22.8 Å². The van der Waals surface area contributed by atoms with Crippen molar-refractivity contribution in [2.24, 2.45) is 0 Å². The zero-order valence-electron chi connectivity index (χ0n) is 19.4. The van der Waals surface area contributed by atoms with E-state index < -0.39 is 17.6 Å². The number of amides is 1. The second kappa shape index (κ2) is 10.7. The Bertz CT molecular complexity index is 1390. The van der Waals surface area contributed by atoms with Crippen LogP contribution in [-0.4, -0.2) is 19.0 Å². The lowest BCUT2D eigenvalue weighted by Crippen LogP contribution is -2.30. The minimum Gasteiger partial charge on any atom is -0.489 e. The van der Waals surface area contributed by atoms with Crippen LogP contribution in [0.4, 0.5) is 0 Å². The number of carbonyl (C=O) groups is 2. The lowest BCUT2D eigenvalue weighted by atomic mass is 10.0. The van der Waals surface area contributed by atoms with Gasteiger partial charge in [-0.05, 0) is 47.9 Å². The summed E-state index contributed by atoms with van der Waals surface area (Å²) in [5.41, 5.74) is 3.06. The summed E-state index contributed by atoms with van der Waals surface area (Å²) in [4.78, 5) is 36.3. The van der Waals surface area contributed by atoms with Gasteiger partial charge in [0, 0.05) is 23.1 Å². The summed E-state index contributed by atoms with van der Waals surface area (Å²) in [6.07, 6.45) is 0.0313. The maximum absolute atomic E-state index is 12.8. The van der Waals surface area contributed by atoms with Crippen LogP contribution in [0.25, 0.3) is 11.0 Å². The number of hydrogen-bond donors (Lipinski definition) is 1. The lowest BCUT2D eigenvalue weighted by molar-refractivity contribution is -0.141. The van der Waals surface area contributed by atoms with Gasteiger partial charge in [-0.1, -0.05) is 42.5 Å². The number of rotatable bonds is 8. The molecule has 4 aromatic rings. The van der Waals surface area contributed by atoms with Crippen LogP contribution in [0.2, 0.25) is 0 Å². The van der Waals surface area contributed by atoms with E-state index in [1.54, 1.807) is 30.3 Å². The molecule has 1 atom stereocenters. The maximum Gasteiger partial charge on any atom is 0.336 e. The minimum absolute atomic E-state index is 0.0313. The first-order valence-electron chi connectivity index (χ1n) is 11.1. The summed E-state index contributed by atoms with van der Waals surface area (Å²) < 4.78 is 15.9. The fourth-order valence-electron chi connectivity index (χ4n) is 3.74. The summed E-state index contributed by atoms with van der Waals surface area (Å²) in [6, 6.07) is 22.6. The number of methoxy groups -OCH3 is 1. The number of nitrogens with one attached hydrogen (secondary N) is 1. The Morgan fingerprint density at radius 3 is 2.43 bits per heavy atom. The van der Waals surface area contributed by atoms with Crippen LogP contribution in [0.3, 0.4) is 0 Å². The number of hydrogen-bond acceptors (Lipinski definition) is 6. The molecule has 1 heterocycles. The Labute approximate surface area is 202 Å². The van der Waals surface area contributed by atoms with E-state index in [2.05, 4.69) is 5.32 Å². The van der Waals surface area contributed by atoms with E-state index in [9.17, 15) is 14.4 Å². The number of benzene rings is 3. The molecule has 4 rings (SSSR count). The van der Waals surface area contributed by atoms with Crippen LogP contribution >= 0.6 is 0 Å². The summed E-state index contributed by atoms with van der Waals surface area (Å²) in [6.45, 7) is 2.13. The molecule has 0 aliphatic carbocycles. The third-order valence-electron chi connectivity index (χ3n) is 5.65. The van der Waals surface area contributed by atoms with Crippen LogP contribution in [0.1, 0.15) is 39.5 Å². The molecule has 0 bridgehead atoms. The van der Waals surface area contributed by atoms with Gasteiger partial charge in [0.25, 0.3) is 5.91 Å². The number of aryl methyl sites for hydroxylation is 1. The summed E-state index contributed by atoms with van der Waals surface area (Å²) in [5.74, 6) is -0.133. The fourth-order valence-corrected chi connectivity index (χ4v) is 3.74. The van der Waals surface area contributed by atoms with E-state index >= 15 is 0 Å². The van der Waals surface area contributed by atoms with Crippen LogP contribution in [0.15, 0.2) is 88.1 Å².